The van der Waals surface area contributed by atoms with Gasteiger partial charge in [0.15, 0.2) is 0 Å². The van der Waals surface area contributed by atoms with Crippen molar-refractivity contribution in [3.63, 3.8) is 0 Å². The molecule has 0 unspecified atom stereocenters. The van der Waals surface area contributed by atoms with E-state index in [-0.39, 0.29) is 5.82 Å². The van der Waals surface area contributed by atoms with Gasteiger partial charge < -0.3 is 15.4 Å². The fourth-order valence-electron chi connectivity index (χ4n) is 1.96. The second-order valence-electron chi connectivity index (χ2n) is 4.40. The van der Waals surface area contributed by atoms with Crippen LogP contribution >= 0.6 is 0 Å². The summed E-state index contributed by atoms with van der Waals surface area (Å²) in [4.78, 5) is 2.01. The van der Waals surface area contributed by atoms with Gasteiger partial charge in [0.1, 0.15) is 11.6 Å². The highest BCUT2D eigenvalue weighted by Crippen LogP contribution is 2.24. The average molecular weight is 260 g/mol. The minimum Gasteiger partial charge on any atom is -0.496 e. The number of benzene rings is 2. The maximum Gasteiger partial charge on any atom is 0.123 e. The molecule has 0 amide bonds. The molecule has 19 heavy (non-hydrogen) atoms. The maximum absolute atomic E-state index is 12.9. The first-order valence-electron chi connectivity index (χ1n) is 5.99. The van der Waals surface area contributed by atoms with Crippen LogP contribution in [-0.4, -0.2) is 14.2 Å². The van der Waals surface area contributed by atoms with Crippen molar-refractivity contribution in [2.75, 3.05) is 24.8 Å². The molecular weight excluding hydrogens is 243 g/mol. The van der Waals surface area contributed by atoms with Gasteiger partial charge in [-0.15, -0.1) is 0 Å². The van der Waals surface area contributed by atoms with Crippen molar-refractivity contribution in [3.8, 4) is 5.75 Å². The van der Waals surface area contributed by atoms with E-state index in [1.807, 2.05) is 24.1 Å². The van der Waals surface area contributed by atoms with E-state index >= 15 is 0 Å². The van der Waals surface area contributed by atoms with Crippen LogP contribution in [0.1, 0.15) is 5.56 Å². The van der Waals surface area contributed by atoms with Gasteiger partial charge in [-0.2, -0.15) is 0 Å². The fourth-order valence-corrected chi connectivity index (χ4v) is 1.96. The Morgan fingerprint density at radius 2 is 1.84 bits per heavy atom. The Bertz CT molecular complexity index is 555. The lowest BCUT2D eigenvalue weighted by molar-refractivity contribution is 0.409. The number of nitrogens with zero attached hydrogens (tertiary/aromatic N) is 1. The highest BCUT2D eigenvalue weighted by atomic mass is 19.1. The summed E-state index contributed by atoms with van der Waals surface area (Å²) in [5, 5.41) is 0. The van der Waals surface area contributed by atoms with Gasteiger partial charge in [-0.1, -0.05) is 0 Å². The highest BCUT2D eigenvalue weighted by Gasteiger charge is 2.08. The van der Waals surface area contributed by atoms with Crippen LogP contribution in [-0.2, 0) is 6.54 Å². The smallest absolute Gasteiger partial charge is 0.123 e. The molecule has 0 aliphatic carbocycles. The molecule has 0 atom stereocenters. The highest BCUT2D eigenvalue weighted by molar-refractivity contribution is 5.51. The molecule has 2 aromatic rings. The zero-order valence-corrected chi connectivity index (χ0v) is 11.1. The summed E-state index contributed by atoms with van der Waals surface area (Å²) in [7, 11) is 3.57. The van der Waals surface area contributed by atoms with Crippen LogP contribution in [0.5, 0.6) is 5.75 Å². The van der Waals surface area contributed by atoms with Crippen LogP contribution in [0.15, 0.2) is 42.5 Å². The lowest BCUT2D eigenvalue weighted by Crippen LogP contribution is -2.17. The third kappa shape index (κ3) is 3.16. The summed E-state index contributed by atoms with van der Waals surface area (Å²) in [5.74, 6) is 0.557. The number of methoxy groups -OCH3 is 1. The Kier molecular flexibility index (Phi) is 3.90. The van der Waals surface area contributed by atoms with Crippen LogP contribution in [0.2, 0.25) is 0 Å². The molecule has 2 rings (SSSR count). The van der Waals surface area contributed by atoms with E-state index in [9.17, 15) is 4.39 Å². The monoisotopic (exact) mass is 260 g/mol. The third-order valence-electron chi connectivity index (χ3n) is 2.98. The van der Waals surface area contributed by atoms with Crippen LogP contribution < -0.4 is 15.4 Å². The number of hydrogen-bond acceptors (Lipinski definition) is 3. The first kappa shape index (κ1) is 13.2. The van der Waals surface area contributed by atoms with E-state index in [1.165, 1.54) is 12.1 Å². The first-order valence-corrected chi connectivity index (χ1v) is 5.99. The zero-order valence-electron chi connectivity index (χ0n) is 11.1. The minimum absolute atomic E-state index is 0.237. The molecule has 0 aliphatic rings. The van der Waals surface area contributed by atoms with Gasteiger partial charge in [0.2, 0.25) is 0 Å². The van der Waals surface area contributed by atoms with Crippen molar-refractivity contribution in [2.24, 2.45) is 0 Å². The molecule has 0 saturated heterocycles. The van der Waals surface area contributed by atoms with Crippen molar-refractivity contribution in [3.05, 3.63) is 53.8 Å². The Hall–Kier alpha value is -2.23. The van der Waals surface area contributed by atoms with Crippen LogP contribution in [0.25, 0.3) is 0 Å². The number of anilines is 2. The largest absolute Gasteiger partial charge is 0.496 e. The van der Waals surface area contributed by atoms with Crippen molar-refractivity contribution >= 4 is 11.4 Å². The van der Waals surface area contributed by atoms with Gasteiger partial charge in [0.25, 0.3) is 0 Å². The molecule has 0 aromatic heterocycles. The number of nitrogen functional groups attached to an aromatic ring is 1. The Balaban J connectivity index is 2.20. The normalized spacial score (nSPS) is 10.3. The van der Waals surface area contributed by atoms with E-state index in [2.05, 4.69) is 0 Å². The maximum atomic E-state index is 12.9. The standard InChI is InChI=1S/C15H17FN2O/c1-18(14-6-3-12(16)4-7-14)10-11-9-13(17)5-8-15(11)19-2/h3-9H,10,17H2,1-2H3. The summed E-state index contributed by atoms with van der Waals surface area (Å²) < 4.78 is 18.2. The van der Waals surface area contributed by atoms with Crippen molar-refractivity contribution in [1.29, 1.82) is 0 Å². The fraction of sp³-hybridized carbons (Fsp3) is 0.200. The Morgan fingerprint density at radius 3 is 2.47 bits per heavy atom. The second-order valence-corrected chi connectivity index (χ2v) is 4.40. The van der Waals surface area contributed by atoms with Gasteiger partial charge in [-0.05, 0) is 42.5 Å². The SMILES string of the molecule is COc1ccc(N)cc1CN(C)c1ccc(F)cc1. The number of hydrogen-bond donors (Lipinski definition) is 1. The Morgan fingerprint density at radius 1 is 1.16 bits per heavy atom. The molecular formula is C15H17FN2O. The lowest BCUT2D eigenvalue weighted by Gasteiger charge is -2.21. The minimum atomic E-state index is -0.237. The van der Waals surface area contributed by atoms with Crippen molar-refractivity contribution in [1.82, 2.24) is 0 Å². The molecule has 0 radical (unpaired) electrons. The molecule has 3 nitrogen and oxygen atoms in total. The number of nitrogens with two attached hydrogens (primary N) is 1. The van der Waals surface area contributed by atoms with Gasteiger partial charge >= 0.3 is 0 Å². The molecule has 2 N–H and O–H groups in total. The summed E-state index contributed by atoms with van der Waals surface area (Å²) in [6.07, 6.45) is 0. The predicted molar refractivity (Wildman–Crippen MR) is 75.9 cm³/mol. The van der Waals surface area contributed by atoms with Crippen LogP contribution in [0.4, 0.5) is 15.8 Å². The van der Waals surface area contributed by atoms with Gasteiger partial charge in [0, 0.05) is 30.5 Å². The lowest BCUT2D eigenvalue weighted by atomic mass is 10.1. The van der Waals surface area contributed by atoms with E-state index in [0.29, 0.717) is 12.2 Å². The summed E-state index contributed by atoms with van der Waals surface area (Å²) >= 11 is 0. The number of rotatable bonds is 4. The quantitative estimate of drug-likeness (QED) is 0.859. The van der Waals surface area contributed by atoms with Crippen molar-refractivity contribution < 1.29 is 9.13 Å². The summed E-state index contributed by atoms with van der Waals surface area (Å²) in [5.41, 5.74) is 8.42. The number of halogens is 1. The molecule has 0 saturated carbocycles. The second kappa shape index (κ2) is 5.61. The average Bonchev–Trinajstić information content (AvgIpc) is 2.39. The summed E-state index contributed by atoms with van der Waals surface area (Å²) in [6, 6.07) is 11.9. The topological polar surface area (TPSA) is 38.5 Å². The zero-order chi connectivity index (χ0) is 13.8. The molecule has 0 heterocycles. The third-order valence-corrected chi connectivity index (χ3v) is 2.98. The van der Waals surface area contributed by atoms with Gasteiger partial charge in [-0.3, -0.25) is 0 Å². The van der Waals surface area contributed by atoms with Crippen LogP contribution in [0, 0.1) is 5.82 Å². The van der Waals surface area contributed by atoms with E-state index < -0.39 is 0 Å². The number of ether oxygens (including phenoxy) is 1. The van der Waals surface area contributed by atoms with Crippen LogP contribution in [0.3, 0.4) is 0 Å². The van der Waals surface area contributed by atoms with E-state index in [1.54, 1.807) is 25.3 Å². The molecule has 2 aromatic carbocycles. The van der Waals surface area contributed by atoms with E-state index in [0.717, 1.165) is 17.0 Å². The molecule has 100 valence electrons. The van der Waals surface area contributed by atoms with Crippen molar-refractivity contribution in [2.45, 2.75) is 6.54 Å². The summed E-state index contributed by atoms with van der Waals surface area (Å²) in [6.45, 7) is 0.639. The Labute approximate surface area is 112 Å². The first-order chi connectivity index (χ1) is 9.10. The molecule has 0 bridgehead atoms. The molecule has 0 aliphatic heterocycles. The van der Waals surface area contributed by atoms with Gasteiger partial charge in [0.05, 0.1) is 7.11 Å². The predicted octanol–water partition coefficient (Wildman–Crippen LogP) is 3.05. The molecule has 0 spiro atoms. The van der Waals surface area contributed by atoms with E-state index in [4.69, 9.17) is 10.5 Å². The molecule has 0 fully saturated rings. The van der Waals surface area contributed by atoms with Gasteiger partial charge in [-0.25, -0.2) is 4.39 Å². The molecule has 4 heteroatoms.